The lowest BCUT2D eigenvalue weighted by atomic mass is 9.67. The van der Waals surface area contributed by atoms with Crippen LogP contribution in [0.1, 0.15) is 31.2 Å². The summed E-state index contributed by atoms with van der Waals surface area (Å²) in [7, 11) is 0. The summed E-state index contributed by atoms with van der Waals surface area (Å²) in [6.45, 7) is 0. The van der Waals surface area contributed by atoms with E-state index in [0.29, 0.717) is 16.5 Å². The second-order valence-corrected chi connectivity index (χ2v) is 6.12. The molecule has 0 amide bonds. The predicted molar refractivity (Wildman–Crippen MR) is 70.9 cm³/mol. The molecule has 4 heteroatoms. The van der Waals surface area contributed by atoms with Gasteiger partial charge in [-0.05, 0) is 49.8 Å². The molecule has 0 radical (unpaired) electrons. The van der Waals surface area contributed by atoms with Crippen LogP contribution < -0.4 is 0 Å². The Bertz CT molecular complexity index is 491. The first-order valence-electron chi connectivity index (χ1n) is 6.24. The van der Waals surface area contributed by atoms with E-state index < -0.39 is 0 Å². The molecule has 1 aromatic rings. The maximum Gasteiger partial charge on any atom is 0.312 e. The number of fused-ring (bicyclic) bond motifs is 3. The molecule has 2 aliphatic heterocycles. The quantitative estimate of drug-likeness (QED) is 0.767. The van der Waals surface area contributed by atoms with Gasteiger partial charge < -0.3 is 4.74 Å². The maximum absolute atomic E-state index is 12.1. The summed E-state index contributed by atoms with van der Waals surface area (Å²) in [6, 6.07) is 5.58. The van der Waals surface area contributed by atoms with Crippen molar-refractivity contribution in [2.45, 2.75) is 38.2 Å². The van der Waals surface area contributed by atoms with Crippen LogP contribution in [0.3, 0.4) is 0 Å². The number of benzene rings is 1. The zero-order chi connectivity index (χ0) is 12.8. The van der Waals surface area contributed by atoms with Gasteiger partial charge in [-0.25, -0.2) is 0 Å². The third kappa shape index (κ3) is 2.02. The molecule has 1 aliphatic carbocycles. The minimum absolute atomic E-state index is 0.0314. The minimum atomic E-state index is -0.327. The van der Waals surface area contributed by atoms with E-state index in [2.05, 4.69) is 0 Å². The van der Waals surface area contributed by atoms with E-state index in [-0.39, 0.29) is 17.5 Å². The molecule has 2 bridgehead atoms. The van der Waals surface area contributed by atoms with E-state index >= 15 is 0 Å². The fourth-order valence-electron chi connectivity index (χ4n) is 3.03. The molecule has 0 spiro atoms. The van der Waals surface area contributed by atoms with Crippen LogP contribution in [-0.4, -0.2) is 12.1 Å². The fourth-order valence-corrected chi connectivity index (χ4v) is 3.35. The molecule has 0 N–H and O–H groups in total. The number of hydrogen-bond acceptors (Lipinski definition) is 2. The molecule has 2 saturated heterocycles. The molecule has 18 heavy (non-hydrogen) atoms. The Hall–Kier alpha value is -0.730. The van der Waals surface area contributed by atoms with Gasteiger partial charge in [0.15, 0.2) is 0 Å². The monoisotopic (exact) mass is 284 g/mol. The molecule has 2 heterocycles. The SMILES string of the molecule is O=C1OC2CCC1(Cc1ccc(Cl)c(Cl)c1)CC2. The molecular weight excluding hydrogens is 271 g/mol. The van der Waals surface area contributed by atoms with Crippen LogP contribution in [0.15, 0.2) is 18.2 Å². The Morgan fingerprint density at radius 3 is 2.56 bits per heavy atom. The molecular formula is C14H14Cl2O2. The first-order chi connectivity index (χ1) is 8.59. The summed E-state index contributed by atoms with van der Waals surface area (Å²) in [5, 5.41) is 1.09. The lowest BCUT2D eigenvalue weighted by Gasteiger charge is -2.44. The van der Waals surface area contributed by atoms with Crippen molar-refractivity contribution < 1.29 is 9.53 Å². The zero-order valence-corrected chi connectivity index (χ0v) is 11.4. The van der Waals surface area contributed by atoms with Crippen LogP contribution >= 0.6 is 23.2 Å². The molecule has 0 unspecified atom stereocenters. The number of rotatable bonds is 2. The average Bonchev–Trinajstić information content (AvgIpc) is 2.36. The normalized spacial score (nSPS) is 30.3. The molecule has 3 aliphatic rings. The van der Waals surface area contributed by atoms with Gasteiger partial charge in [0.05, 0.1) is 15.5 Å². The van der Waals surface area contributed by atoms with E-state index in [1.807, 2.05) is 12.1 Å². The van der Waals surface area contributed by atoms with Crippen molar-refractivity contribution in [3.8, 4) is 0 Å². The summed E-state index contributed by atoms with van der Waals surface area (Å²) in [5.74, 6) is -0.0314. The molecule has 1 aromatic carbocycles. The van der Waals surface area contributed by atoms with Gasteiger partial charge in [0.1, 0.15) is 6.10 Å². The molecule has 3 fully saturated rings. The molecule has 4 rings (SSSR count). The first kappa shape index (κ1) is 12.3. The number of halogens is 2. The zero-order valence-electron chi connectivity index (χ0n) is 9.92. The molecule has 2 nitrogen and oxygen atoms in total. The average molecular weight is 285 g/mol. The van der Waals surface area contributed by atoms with Crippen molar-refractivity contribution in [2.24, 2.45) is 5.41 Å². The van der Waals surface area contributed by atoms with Gasteiger partial charge in [-0.2, -0.15) is 0 Å². The summed E-state index contributed by atoms with van der Waals surface area (Å²) in [4.78, 5) is 12.1. The standard InChI is InChI=1S/C14H14Cl2O2/c15-11-2-1-9(7-12(11)16)8-14-5-3-10(4-6-14)18-13(14)17/h1-2,7,10H,3-6,8H2. The van der Waals surface area contributed by atoms with E-state index in [1.54, 1.807) is 6.07 Å². The molecule has 0 atom stereocenters. The summed E-state index contributed by atoms with van der Waals surface area (Å²) >= 11 is 11.9. The number of esters is 1. The van der Waals surface area contributed by atoms with Crippen LogP contribution in [-0.2, 0) is 16.0 Å². The van der Waals surface area contributed by atoms with Crippen molar-refractivity contribution in [3.63, 3.8) is 0 Å². The van der Waals surface area contributed by atoms with Crippen molar-refractivity contribution in [1.82, 2.24) is 0 Å². The van der Waals surface area contributed by atoms with Crippen LogP contribution in [0.5, 0.6) is 0 Å². The van der Waals surface area contributed by atoms with E-state index in [0.717, 1.165) is 31.2 Å². The number of hydrogen-bond donors (Lipinski definition) is 0. The molecule has 1 saturated carbocycles. The summed E-state index contributed by atoms with van der Waals surface area (Å²) < 4.78 is 5.42. The van der Waals surface area contributed by atoms with Gasteiger partial charge in [0, 0.05) is 0 Å². The van der Waals surface area contributed by atoms with E-state index in [9.17, 15) is 4.79 Å². The Morgan fingerprint density at radius 1 is 1.22 bits per heavy atom. The van der Waals surface area contributed by atoms with Gasteiger partial charge >= 0.3 is 5.97 Å². The number of ether oxygens (including phenoxy) is 1. The smallest absolute Gasteiger partial charge is 0.312 e. The van der Waals surface area contributed by atoms with Crippen LogP contribution in [0.4, 0.5) is 0 Å². The summed E-state index contributed by atoms with van der Waals surface area (Å²) in [6.07, 6.45) is 4.71. The topological polar surface area (TPSA) is 26.3 Å². The van der Waals surface area contributed by atoms with Gasteiger partial charge in [-0.1, -0.05) is 29.3 Å². The lowest BCUT2D eigenvalue weighted by molar-refractivity contribution is -0.181. The van der Waals surface area contributed by atoms with Crippen LogP contribution in [0, 0.1) is 5.41 Å². The second-order valence-electron chi connectivity index (χ2n) is 5.31. The highest BCUT2D eigenvalue weighted by Gasteiger charge is 2.49. The van der Waals surface area contributed by atoms with E-state index in [4.69, 9.17) is 27.9 Å². The van der Waals surface area contributed by atoms with Gasteiger partial charge in [0.25, 0.3) is 0 Å². The molecule has 96 valence electrons. The lowest BCUT2D eigenvalue weighted by Crippen LogP contribution is -2.48. The molecule has 0 aromatic heterocycles. The highest BCUT2D eigenvalue weighted by molar-refractivity contribution is 6.42. The second kappa shape index (κ2) is 4.43. The fraction of sp³-hybridized carbons (Fsp3) is 0.500. The predicted octanol–water partition coefficient (Wildman–Crippen LogP) is 4.02. The van der Waals surface area contributed by atoms with Gasteiger partial charge in [-0.15, -0.1) is 0 Å². The third-order valence-corrected chi connectivity index (χ3v) is 4.86. The highest BCUT2D eigenvalue weighted by Crippen LogP contribution is 2.46. The van der Waals surface area contributed by atoms with Gasteiger partial charge in [-0.3, -0.25) is 4.79 Å². The summed E-state index contributed by atoms with van der Waals surface area (Å²) in [5.41, 5.74) is 0.730. The Balaban J connectivity index is 1.86. The largest absolute Gasteiger partial charge is 0.462 e. The van der Waals surface area contributed by atoms with Crippen molar-refractivity contribution in [1.29, 1.82) is 0 Å². The van der Waals surface area contributed by atoms with Crippen molar-refractivity contribution in [2.75, 3.05) is 0 Å². The Morgan fingerprint density at radius 2 is 1.94 bits per heavy atom. The van der Waals surface area contributed by atoms with E-state index in [1.165, 1.54) is 0 Å². The minimum Gasteiger partial charge on any atom is -0.462 e. The van der Waals surface area contributed by atoms with Crippen LogP contribution in [0.2, 0.25) is 10.0 Å². The van der Waals surface area contributed by atoms with Gasteiger partial charge in [0.2, 0.25) is 0 Å². The maximum atomic E-state index is 12.1. The highest BCUT2D eigenvalue weighted by atomic mass is 35.5. The number of carbonyl (C=O) groups is 1. The third-order valence-electron chi connectivity index (χ3n) is 4.12. The Labute approximate surface area is 116 Å². The number of carbonyl (C=O) groups excluding carboxylic acids is 1. The first-order valence-corrected chi connectivity index (χ1v) is 7.00. The Kier molecular flexibility index (Phi) is 3.03. The van der Waals surface area contributed by atoms with Crippen molar-refractivity contribution >= 4 is 29.2 Å². The van der Waals surface area contributed by atoms with Crippen LogP contribution in [0.25, 0.3) is 0 Å². The van der Waals surface area contributed by atoms with Crippen molar-refractivity contribution in [3.05, 3.63) is 33.8 Å².